The van der Waals surface area contributed by atoms with Gasteiger partial charge in [-0.25, -0.2) is 0 Å². The average Bonchev–Trinajstić information content (AvgIpc) is 3.32. The molecule has 0 aliphatic heterocycles. The zero-order valence-corrected chi connectivity index (χ0v) is 44.8. The van der Waals surface area contributed by atoms with Crippen molar-refractivity contribution < 1.29 is 24.5 Å². The van der Waals surface area contributed by atoms with E-state index >= 15 is 0 Å². The molecule has 0 saturated heterocycles. The summed E-state index contributed by atoms with van der Waals surface area (Å²) in [7, 11) is 0. The summed E-state index contributed by atoms with van der Waals surface area (Å²) in [6, 6.07) is -0.715. The minimum absolute atomic E-state index is 0.0530. The third-order valence-corrected chi connectivity index (χ3v) is 13.4. The largest absolute Gasteiger partial charge is 0.462 e. The van der Waals surface area contributed by atoms with Crippen molar-refractivity contribution in [3.63, 3.8) is 0 Å². The molecule has 0 aliphatic rings. The molecule has 0 aromatic heterocycles. The Hall–Kier alpha value is -2.18. The number of hydrogen-bond acceptors (Lipinski definition) is 5. The van der Waals surface area contributed by atoms with Crippen LogP contribution in [0.2, 0.25) is 0 Å². The second kappa shape index (κ2) is 54.8. The number of esters is 1. The van der Waals surface area contributed by atoms with Gasteiger partial charge < -0.3 is 20.3 Å². The molecule has 0 saturated carbocycles. The molecule has 0 bridgehead atoms. The standard InChI is InChI=1S/C61H113NO5/c1-4-7-10-13-16-19-22-25-28-31-34-37-40-43-46-49-52-57(67-61(66)54-51-48-45-42-39-36-33-30-27-24-21-18-15-12-9-6-3)55-60(65)62-58(56-63)59(64)53-50-47-44-41-38-35-32-29-26-23-20-17-14-11-8-5-2/h22,25,28,30-31,33-34,37,57-59,63-64H,4-21,23-24,26-27,29,32,35-36,38-56H2,1-3H3,(H,62,65)/b25-22+,31-28+,33-30+,37-34+. The van der Waals surface area contributed by atoms with Crippen LogP contribution in [0.1, 0.15) is 303 Å². The van der Waals surface area contributed by atoms with E-state index in [-0.39, 0.29) is 24.9 Å². The van der Waals surface area contributed by atoms with Crippen LogP contribution in [0, 0.1) is 0 Å². The third kappa shape index (κ3) is 50.0. The Morgan fingerprint density at radius 2 is 0.776 bits per heavy atom. The monoisotopic (exact) mass is 940 g/mol. The van der Waals surface area contributed by atoms with Gasteiger partial charge in [0.2, 0.25) is 5.91 Å². The number of aliphatic hydroxyl groups excluding tert-OH is 2. The van der Waals surface area contributed by atoms with E-state index in [0.717, 1.165) is 77.0 Å². The highest BCUT2D eigenvalue weighted by Crippen LogP contribution is 2.18. The van der Waals surface area contributed by atoms with E-state index in [9.17, 15) is 19.8 Å². The number of nitrogens with one attached hydrogen (secondary N) is 1. The second-order valence-electron chi connectivity index (χ2n) is 20.1. The maximum atomic E-state index is 13.3. The molecule has 392 valence electrons. The molecule has 0 heterocycles. The van der Waals surface area contributed by atoms with E-state index in [1.165, 1.54) is 180 Å². The third-order valence-electron chi connectivity index (χ3n) is 13.4. The number of rotatable bonds is 53. The fourth-order valence-electron chi connectivity index (χ4n) is 8.96. The molecule has 3 atom stereocenters. The number of hydrogen-bond donors (Lipinski definition) is 3. The van der Waals surface area contributed by atoms with Crippen molar-refractivity contribution in [2.24, 2.45) is 0 Å². The first-order valence-electron chi connectivity index (χ1n) is 29.4. The van der Waals surface area contributed by atoms with Crippen LogP contribution >= 0.6 is 0 Å². The minimum atomic E-state index is -0.799. The Kier molecular flexibility index (Phi) is 53.0. The van der Waals surface area contributed by atoms with Crippen molar-refractivity contribution in [2.45, 2.75) is 322 Å². The summed E-state index contributed by atoms with van der Waals surface area (Å²) in [4.78, 5) is 26.3. The molecule has 3 unspecified atom stereocenters. The molecule has 0 fully saturated rings. The van der Waals surface area contributed by atoms with Gasteiger partial charge in [-0.05, 0) is 77.0 Å². The molecule has 3 N–H and O–H groups in total. The zero-order chi connectivity index (χ0) is 48.8. The number of allylic oxidation sites excluding steroid dienone is 8. The van der Waals surface area contributed by atoms with Gasteiger partial charge in [-0.15, -0.1) is 0 Å². The Labute approximate surface area is 416 Å². The van der Waals surface area contributed by atoms with Crippen molar-refractivity contribution >= 4 is 11.9 Å². The predicted octanol–water partition coefficient (Wildman–Crippen LogP) is 18.2. The first-order chi connectivity index (χ1) is 33.0. The molecule has 1 amide bonds. The number of carbonyl (C=O) groups excluding carboxylic acids is 2. The summed E-state index contributed by atoms with van der Waals surface area (Å²) in [5.74, 6) is -0.506. The lowest BCUT2D eigenvalue weighted by Crippen LogP contribution is -2.46. The van der Waals surface area contributed by atoms with Crippen molar-refractivity contribution in [2.75, 3.05) is 6.61 Å². The lowest BCUT2D eigenvalue weighted by molar-refractivity contribution is -0.151. The minimum Gasteiger partial charge on any atom is -0.462 e. The van der Waals surface area contributed by atoms with Gasteiger partial charge in [-0.3, -0.25) is 9.59 Å². The molecule has 6 nitrogen and oxygen atoms in total. The van der Waals surface area contributed by atoms with Gasteiger partial charge >= 0.3 is 5.97 Å². The first-order valence-corrected chi connectivity index (χ1v) is 29.4. The normalized spacial score (nSPS) is 13.4. The molecule has 0 spiro atoms. The Morgan fingerprint density at radius 3 is 1.19 bits per heavy atom. The summed E-state index contributed by atoms with van der Waals surface area (Å²) in [5.41, 5.74) is 0. The van der Waals surface area contributed by atoms with Crippen LogP contribution in [0.4, 0.5) is 0 Å². The van der Waals surface area contributed by atoms with Crippen LogP contribution in [-0.4, -0.2) is 46.9 Å². The van der Waals surface area contributed by atoms with Crippen LogP contribution in [0.25, 0.3) is 0 Å². The SMILES string of the molecule is CCCCCCC/C=C/C=C/C=C/CCCCCC(CC(=O)NC(CO)C(O)CCCCCCCCCCCCCCCCCC)OC(=O)CCCCCCC/C=C/CCCCCCCCC. The van der Waals surface area contributed by atoms with E-state index < -0.39 is 18.2 Å². The summed E-state index contributed by atoms with van der Waals surface area (Å²) in [6.45, 7) is 6.49. The van der Waals surface area contributed by atoms with E-state index in [4.69, 9.17) is 4.74 Å². The van der Waals surface area contributed by atoms with E-state index in [1.54, 1.807) is 0 Å². The average molecular weight is 941 g/mol. The number of unbranched alkanes of at least 4 members (excludes halogenated alkanes) is 35. The maximum absolute atomic E-state index is 13.3. The lowest BCUT2D eigenvalue weighted by Gasteiger charge is -2.24. The fourth-order valence-corrected chi connectivity index (χ4v) is 8.96. The molecule has 0 rings (SSSR count). The molecule has 67 heavy (non-hydrogen) atoms. The van der Waals surface area contributed by atoms with E-state index in [0.29, 0.717) is 19.3 Å². The summed E-state index contributed by atoms with van der Waals surface area (Å²) in [6.07, 6.45) is 67.5. The van der Waals surface area contributed by atoms with Gasteiger partial charge in [0.1, 0.15) is 6.10 Å². The smallest absolute Gasteiger partial charge is 0.306 e. The highest BCUT2D eigenvalue weighted by Gasteiger charge is 2.24. The van der Waals surface area contributed by atoms with Crippen LogP contribution in [0.3, 0.4) is 0 Å². The van der Waals surface area contributed by atoms with Gasteiger partial charge in [0.25, 0.3) is 0 Å². The summed E-state index contributed by atoms with van der Waals surface area (Å²) >= 11 is 0. The fraction of sp³-hybridized carbons (Fsp3) is 0.836. The molecule has 0 aliphatic carbocycles. The van der Waals surface area contributed by atoms with Crippen molar-refractivity contribution in [3.8, 4) is 0 Å². The van der Waals surface area contributed by atoms with Crippen LogP contribution < -0.4 is 5.32 Å². The summed E-state index contributed by atoms with van der Waals surface area (Å²) < 4.78 is 5.95. The van der Waals surface area contributed by atoms with Crippen molar-refractivity contribution in [1.82, 2.24) is 5.32 Å². The van der Waals surface area contributed by atoms with Gasteiger partial charge in [-0.2, -0.15) is 0 Å². The highest BCUT2D eigenvalue weighted by molar-refractivity contribution is 5.77. The van der Waals surface area contributed by atoms with Crippen LogP contribution in [-0.2, 0) is 14.3 Å². The molecule has 0 aromatic rings. The molecule has 6 heteroatoms. The maximum Gasteiger partial charge on any atom is 0.306 e. The number of amides is 1. The molecular formula is C61H113NO5. The second-order valence-corrected chi connectivity index (χ2v) is 20.1. The lowest BCUT2D eigenvalue weighted by atomic mass is 10.0. The van der Waals surface area contributed by atoms with Gasteiger partial charge in [0.15, 0.2) is 0 Å². The van der Waals surface area contributed by atoms with E-state index in [1.807, 2.05) is 0 Å². The Bertz CT molecular complexity index is 1150. The molecular weight excluding hydrogens is 827 g/mol. The topological polar surface area (TPSA) is 95.9 Å². The van der Waals surface area contributed by atoms with Crippen LogP contribution in [0.5, 0.6) is 0 Å². The van der Waals surface area contributed by atoms with Gasteiger partial charge in [-0.1, -0.05) is 262 Å². The molecule has 0 aromatic carbocycles. The van der Waals surface area contributed by atoms with Gasteiger partial charge in [0, 0.05) is 6.42 Å². The Balaban J connectivity index is 4.61. The zero-order valence-electron chi connectivity index (χ0n) is 44.8. The van der Waals surface area contributed by atoms with Crippen molar-refractivity contribution in [1.29, 1.82) is 0 Å². The number of ether oxygens (including phenoxy) is 1. The first kappa shape index (κ1) is 64.8. The van der Waals surface area contributed by atoms with Gasteiger partial charge in [0.05, 0.1) is 25.2 Å². The van der Waals surface area contributed by atoms with E-state index in [2.05, 4.69) is 74.7 Å². The number of aliphatic hydroxyl groups is 2. The highest BCUT2D eigenvalue weighted by atomic mass is 16.5. The summed E-state index contributed by atoms with van der Waals surface area (Å²) in [5, 5.41) is 23.9. The van der Waals surface area contributed by atoms with Crippen LogP contribution in [0.15, 0.2) is 48.6 Å². The Morgan fingerprint density at radius 1 is 0.433 bits per heavy atom. The number of carbonyl (C=O) groups is 2. The van der Waals surface area contributed by atoms with Crippen molar-refractivity contribution in [3.05, 3.63) is 48.6 Å². The molecule has 0 radical (unpaired) electrons. The quantitative estimate of drug-likeness (QED) is 0.0244. The predicted molar refractivity (Wildman–Crippen MR) is 292 cm³/mol.